The van der Waals surface area contributed by atoms with Crippen molar-refractivity contribution in [3.05, 3.63) is 50.9 Å². The first-order valence-corrected chi connectivity index (χ1v) is 5.41. The number of halogens is 2. The summed E-state index contributed by atoms with van der Waals surface area (Å²) in [4.78, 5) is 17.6. The highest BCUT2D eigenvalue weighted by molar-refractivity contribution is 6.32. The summed E-state index contributed by atoms with van der Waals surface area (Å²) in [6, 6.07) is 3.98. The van der Waals surface area contributed by atoms with Crippen LogP contribution in [-0.2, 0) is 0 Å². The summed E-state index contributed by atoms with van der Waals surface area (Å²) in [7, 11) is 0. The largest absolute Gasteiger partial charge is 0.437 e. The Morgan fingerprint density at radius 2 is 2.06 bits per heavy atom. The number of rotatable bonds is 3. The third-order valence-electron chi connectivity index (χ3n) is 1.92. The van der Waals surface area contributed by atoms with Crippen molar-refractivity contribution in [1.29, 1.82) is 0 Å². The summed E-state index contributed by atoms with van der Waals surface area (Å²) in [6.07, 6.45) is 2.72. The van der Waals surface area contributed by atoms with Gasteiger partial charge in [-0.3, -0.25) is 15.1 Å². The highest BCUT2D eigenvalue weighted by Gasteiger charge is 2.13. The van der Waals surface area contributed by atoms with E-state index in [2.05, 4.69) is 9.97 Å². The topological polar surface area (TPSA) is 78.2 Å². The minimum atomic E-state index is -0.578. The minimum Gasteiger partial charge on any atom is -0.437 e. The van der Waals surface area contributed by atoms with Gasteiger partial charge in [-0.2, -0.15) is 4.98 Å². The molecule has 0 fully saturated rings. The van der Waals surface area contributed by atoms with Crippen LogP contribution in [0, 0.1) is 10.1 Å². The lowest BCUT2D eigenvalue weighted by atomic mass is 10.3. The molecule has 8 heteroatoms. The van der Waals surface area contributed by atoms with Crippen molar-refractivity contribution in [3.8, 4) is 11.6 Å². The van der Waals surface area contributed by atoms with Crippen molar-refractivity contribution in [2.24, 2.45) is 0 Å². The molecule has 0 saturated heterocycles. The standard InChI is InChI=1S/C10H5Cl2N3O3/c11-7-3-6(1-2-8(7)15(16)17)18-10-5-13-4-9(12)14-10/h1-5H. The van der Waals surface area contributed by atoms with E-state index in [0.29, 0.717) is 5.75 Å². The van der Waals surface area contributed by atoms with Gasteiger partial charge in [0.25, 0.3) is 5.69 Å². The molecule has 0 radical (unpaired) electrons. The van der Waals surface area contributed by atoms with E-state index < -0.39 is 4.92 Å². The summed E-state index contributed by atoms with van der Waals surface area (Å²) in [6.45, 7) is 0. The Morgan fingerprint density at radius 1 is 1.28 bits per heavy atom. The number of nitro benzene ring substituents is 1. The Labute approximate surface area is 111 Å². The SMILES string of the molecule is O=[N+]([O-])c1ccc(Oc2cncc(Cl)n2)cc1Cl. The molecule has 0 saturated carbocycles. The van der Waals surface area contributed by atoms with Crippen LogP contribution in [0.15, 0.2) is 30.6 Å². The van der Waals surface area contributed by atoms with E-state index in [0.717, 1.165) is 0 Å². The molecule has 0 N–H and O–H groups in total. The Balaban J connectivity index is 2.25. The van der Waals surface area contributed by atoms with Crippen LogP contribution in [0.1, 0.15) is 0 Å². The monoisotopic (exact) mass is 285 g/mol. The predicted octanol–water partition coefficient (Wildman–Crippen LogP) is 3.48. The fraction of sp³-hybridized carbons (Fsp3) is 0. The second-order valence-electron chi connectivity index (χ2n) is 3.15. The van der Waals surface area contributed by atoms with E-state index >= 15 is 0 Å². The first kappa shape index (κ1) is 12.5. The van der Waals surface area contributed by atoms with Crippen LogP contribution in [0.25, 0.3) is 0 Å². The van der Waals surface area contributed by atoms with Crippen molar-refractivity contribution in [1.82, 2.24) is 9.97 Å². The van der Waals surface area contributed by atoms with Crippen molar-refractivity contribution >= 4 is 28.9 Å². The van der Waals surface area contributed by atoms with Gasteiger partial charge in [-0.1, -0.05) is 23.2 Å². The minimum absolute atomic E-state index is 0.0208. The maximum Gasteiger partial charge on any atom is 0.288 e. The number of hydrogen-bond donors (Lipinski definition) is 0. The van der Waals surface area contributed by atoms with Gasteiger partial charge in [-0.15, -0.1) is 0 Å². The zero-order valence-corrected chi connectivity index (χ0v) is 10.2. The lowest BCUT2D eigenvalue weighted by Crippen LogP contribution is -1.92. The summed E-state index contributed by atoms with van der Waals surface area (Å²) >= 11 is 11.4. The van der Waals surface area contributed by atoms with E-state index in [1.54, 1.807) is 0 Å². The molecule has 92 valence electrons. The van der Waals surface area contributed by atoms with Crippen LogP contribution in [0.4, 0.5) is 5.69 Å². The molecule has 6 nitrogen and oxygen atoms in total. The molecular weight excluding hydrogens is 281 g/mol. The molecule has 1 heterocycles. The molecule has 2 rings (SSSR count). The van der Waals surface area contributed by atoms with Gasteiger partial charge in [0.1, 0.15) is 10.8 Å². The second-order valence-corrected chi connectivity index (χ2v) is 3.95. The Bertz CT molecular complexity index is 607. The van der Waals surface area contributed by atoms with Gasteiger partial charge in [0, 0.05) is 12.1 Å². The third-order valence-corrected chi connectivity index (χ3v) is 2.41. The van der Waals surface area contributed by atoms with E-state index in [1.807, 2.05) is 0 Å². The lowest BCUT2D eigenvalue weighted by molar-refractivity contribution is -0.384. The average Bonchev–Trinajstić information content (AvgIpc) is 2.28. The Morgan fingerprint density at radius 3 is 2.67 bits per heavy atom. The van der Waals surface area contributed by atoms with E-state index in [1.165, 1.54) is 30.6 Å². The average molecular weight is 286 g/mol. The van der Waals surface area contributed by atoms with Gasteiger partial charge in [0.15, 0.2) is 5.15 Å². The number of benzene rings is 1. The molecule has 0 aliphatic heterocycles. The molecule has 0 spiro atoms. The quantitative estimate of drug-likeness (QED) is 0.637. The van der Waals surface area contributed by atoms with Crippen molar-refractivity contribution in [2.45, 2.75) is 0 Å². The maximum absolute atomic E-state index is 10.6. The zero-order valence-electron chi connectivity index (χ0n) is 8.71. The number of aromatic nitrogens is 2. The molecule has 2 aromatic rings. The van der Waals surface area contributed by atoms with Crippen molar-refractivity contribution < 1.29 is 9.66 Å². The summed E-state index contributed by atoms with van der Waals surface area (Å²) in [5.41, 5.74) is -0.193. The van der Waals surface area contributed by atoms with Crippen LogP contribution in [0.2, 0.25) is 10.2 Å². The lowest BCUT2D eigenvalue weighted by Gasteiger charge is -2.04. The van der Waals surface area contributed by atoms with Gasteiger partial charge >= 0.3 is 0 Å². The zero-order chi connectivity index (χ0) is 13.1. The highest BCUT2D eigenvalue weighted by Crippen LogP contribution is 2.30. The van der Waals surface area contributed by atoms with Crippen molar-refractivity contribution in [2.75, 3.05) is 0 Å². The summed E-state index contributed by atoms with van der Waals surface area (Å²) in [5, 5.41) is 10.7. The van der Waals surface area contributed by atoms with Crippen molar-refractivity contribution in [3.63, 3.8) is 0 Å². The molecule has 0 atom stereocenters. The molecule has 1 aromatic heterocycles. The van der Waals surface area contributed by atoms with Gasteiger partial charge in [-0.05, 0) is 6.07 Å². The van der Waals surface area contributed by atoms with Gasteiger partial charge in [0.2, 0.25) is 5.88 Å². The van der Waals surface area contributed by atoms with Crippen LogP contribution in [0.3, 0.4) is 0 Å². The molecule has 0 bridgehead atoms. The fourth-order valence-electron chi connectivity index (χ4n) is 1.19. The van der Waals surface area contributed by atoms with Crippen LogP contribution < -0.4 is 4.74 Å². The normalized spacial score (nSPS) is 10.1. The van der Waals surface area contributed by atoms with E-state index in [9.17, 15) is 10.1 Å². The highest BCUT2D eigenvalue weighted by atomic mass is 35.5. The summed E-state index contributed by atoms with van der Waals surface area (Å²) in [5.74, 6) is 0.481. The van der Waals surface area contributed by atoms with E-state index in [4.69, 9.17) is 27.9 Å². The van der Waals surface area contributed by atoms with Crippen LogP contribution in [-0.4, -0.2) is 14.9 Å². The summed E-state index contributed by atoms with van der Waals surface area (Å²) < 4.78 is 5.31. The number of hydrogen-bond acceptors (Lipinski definition) is 5. The molecule has 0 unspecified atom stereocenters. The van der Waals surface area contributed by atoms with E-state index in [-0.39, 0.29) is 21.7 Å². The molecule has 1 aromatic carbocycles. The van der Waals surface area contributed by atoms with Crippen LogP contribution >= 0.6 is 23.2 Å². The number of nitrogens with zero attached hydrogens (tertiary/aromatic N) is 3. The maximum atomic E-state index is 10.6. The second kappa shape index (κ2) is 5.16. The van der Waals surface area contributed by atoms with Gasteiger partial charge in [0.05, 0.1) is 17.3 Å². The fourth-order valence-corrected chi connectivity index (χ4v) is 1.57. The van der Waals surface area contributed by atoms with Gasteiger partial charge < -0.3 is 4.74 Å². The first-order valence-electron chi connectivity index (χ1n) is 4.65. The predicted molar refractivity (Wildman–Crippen MR) is 65.2 cm³/mol. The smallest absolute Gasteiger partial charge is 0.288 e. The molecule has 18 heavy (non-hydrogen) atoms. The molecule has 0 aliphatic carbocycles. The van der Waals surface area contributed by atoms with Gasteiger partial charge in [-0.25, -0.2) is 0 Å². The van der Waals surface area contributed by atoms with Crippen LogP contribution in [0.5, 0.6) is 11.6 Å². The number of ether oxygens (including phenoxy) is 1. The molecule has 0 amide bonds. The Hall–Kier alpha value is -1.92. The first-order chi connectivity index (χ1) is 8.56. The Kier molecular flexibility index (Phi) is 3.59. The third kappa shape index (κ3) is 2.85. The number of nitro groups is 1. The molecule has 0 aliphatic rings. The molecular formula is C10H5Cl2N3O3.